The van der Waals surface area contributed by atoms with Crippen LogP contribution in [0.3, 0.4) is 0 Å². The molecule has 0 saturated carbocycles. The molecule has 1 aliphatic rings. The van der Waals surface area contributed by atoms with E-state index < -0.39 is 0 Å². The topological polar surface area (TPSA) is 110 Å². The zero-order chi connectivity index (χ0) is 33.6. The SMILES string of the molecule is C=C(CC1CCNCC1)Nc1cncc(C(=C)/C=c2/c(-c3nc4c(-c5cc(F)cc(NCCN(C)C)c5)cccc4[nH]3)n[nH]/c2=C/C)c1. The average molecular weight is 646 g/mol. The molecule has 248 valence electrons. The Hall–Kier alpha value is -5.06. The third-order valence-electron chi connectivity index (χ3n) is 8.70. The van der Waals surface area contributed by atoms with E-state index in [1.54, 1.807) is 6.07 Å². The fourth-order valence-electron chi connectivity index (χ4n) is 6.19. The lowest BCUT2D eigenvalue weighted by Gasteiger charge is -2.23. The number of rotatable bonds is 12. The number of aromatic amines is 2. The number of piperidine rings is 1. The van der Waals surface area contributed by atoms with Crippen molar-refractivity contribution in [3.8, 4) is 22.6 Å². The third-order valence-corrected chi connectivity index (χ3v) is 8.70. The summed E-state index contributed by atoms with van der Waals surface area (Å²) in [5, 5.41) is 19.7. The number of anilines is 2. The van der Waals surface area contributed by atoms with Gasteiger partial charge in [0.1, 0.15) is 11.5 Å². The quantitative estimate of drug-likeness (QED) is 0.118. The highest BCUT2D eigenvalue weighted by Crippen LogP contribution is 2.31. The zero-order valence-corrected chi connectivity index (χ0v) is 28.0. The minimum atomic E-state index is -0.307. The largest absolute Gasteiger partial charge is 0.384 e. The van der Waals surface area contributed by atoms with Crippen LogP contribution in [0.2, 0.25) is 0 Å². The summed E-state index contributed by atoms with van der Waals surface area (Å²) in [6, 6.07) is 12.9. The van der Waals surface area contributed by atoms with E-state index in [4.69, 9.17) is 4.98 Å². The highest BCUT2D eigenvalue weighted by molar-refractivity contribution is 5.94. The van der Waals surface area contributed by atoms with Crippen LogP contribution >= 0.6 is 0 Å². The second-order valence-corrected chi connectivity index (χ2v) is 12.7. The lowest BCUT2D eigenvalue weighted by atomic mass is 9.93. The lowest BCUT2D eigenvalue weighted by molar-refractivity contribution is 0.373. The standard InChI is InChI=1S/C38H44FN9/c1-6-34-33(16-24(2)28-20-31(23-41-22-28)43-25(3)17-26-10-12-40-13-11-26)37(47-46-34)38-44-35-9-7-8-32(36(35)45-38)27-18-29(39)21-30(19-27)42-14-15-48(4)5/h6-9,16,18-23,26,40,42-43,46H,2-3,10-15,17H2,1,4-5H3,(H,44,45)/b33-16+,34-6+. The molecule has 3 aromatic heterocycles. The molecule has 0 amide bonds. The van der Waals surface area contributed by atoms with Crippen molar-refractivity contribution in [2.24, 2.45) is 5.92 Å². The lowest BCUT2D eigenvalue weighted by Crippen LogP contribution is -2.28. The van der Waals surface area contributed by atoms with Crippen molar-refractivity contribution in [3.05, 3.63) is 95.7 Å². The van der Waals surface area contributed by atoms with Gasteiger partial charge >= 0.3 is 0 Å². The van der Waals surface area contributed by atoms with Crippen LogP contribution in [0.25, 0.3) is 51.4 Å². The van der Waals surface area contributed by atoms with Gasteiger partial charge in [-0.3, -0.25) is 10.1 Å². The van der Waals surface area contributed by atoms with Crippen molar-refractivity contribution in [3.63, 3.8) is 0 Å². The molecular formula is C38H44FN9. The number of H-pyrrole nitrogens is 2. The first-order valence-electron chi connectivity index (χ1n) is 16.5. The number of nitrogens with zero attached hydrogens (tertiary/aromatic N) is 4. The molecular weight excluding hydrogens is 601 g/mol. The average Bonchev–Trinajstić information content (AvgIpc) is 3.68. The van der Waals surface area contributed by atoms with Crippen molar-refractivity contribution in [2.75, 3.05) is 50.9 Å². The Balaban J connectivity index is 1.29. The number of aromatic nitrogens is 5. The minimum absolute atomic E-state index is 0.307. The van der Waals surface area contributed by atoms with Gasteiger partial charge in [-0.05, 0) is 107 Å². The number of hydrogen-bond acceptors (Lipinski definition) is 7. The van der Waals surface area contributed by atoms with Crippen LogP contribution < -0.4 is 26.5 Å². The maximum atomic E-state index is 14.8. The summed E-state index contributed by atoms with van der Waals surface area (Å²) in [6.45, 7) is 14.3. The third kappa shape index (κ3) is 7.73. The molecule has 1 fully saturated rings. The summed E-state index contributed by atoms with van der Waals surface area (Å²) in [5.74, 6) is 0.937. The van der Waals surface area contributed by atoms with Crippen molar-refractivity contribution >= 4 is 40.1 Å². The van der Waals surface area contributed by atoms with E-state index in [-0.39, 0.29) is 5.82 Å². The Morgan fingerprint density at radius 3 is 2.71 bits per heavy atom. The molecule has 2 aromatic carbocycles. The van der Waals surface area contributed by atoms with E-state index in [9.17, 15) is 4.39 Å². The van der Waals surface area contributed by atoms with E-state index in [0.717, 1.165) is 87.0 Å². The molecule has 0 unspecified atom stereocenters. The van der Waals surface area contributed by atoms with E-state index in [2.05, 4.69) is 54.2 Å². The molecule has 1 aliphatic heterocycles. The first-order valence-corrected chi connectivity index (χ1v) is 16.5. The monoisotopic (exact) mass is 645 g/mol. The normalized spacial score (nSPS) is 14.6. The number of benzene rings is 2. The molecule has 9 nitrogen and oxygen atoms in total. The highest BCUT2D eigenvalue weighted by Gasteiger charge is 2.16. The van der Waals surface area contributed by atoms with Crippen LogP contribution in [0.15, 0.2) is 73.7 Å². The molecule has 0 aliphatic carbocycles. The zero-order valence-electron chi connectivity index (χ0n) is 28.0. The molecule has 0 radical (unpaired) electrons. The maximum Gasteiger partial charge on any atom is 0.159 e. The fourth-order valence-corrected chi connectivity index (χ4v) is 6.19. The Morgan fingerprint density at radius 1 is 1.08 bits per heavy atom. The van der Waals surface area contributed by atoms with Crippen LogP contribution in [0, 0.1) is 11.7 Å². The second-order valence-electron chi connectivity index (χ2n) is 12.7. The highest BCUT2D eigenvalue weighted by atomic mass is 19.1. The Kier molecular flexibility index (Phi) is 10.1. The molecule has 1 saturated heterocycles. The molecule has 0 spiro atoms. The summed E-state index contributed by atoms with van der Waals surface area (Å²) >= 11 is 0. The van der Waals surface area contributed by atoms with Crippen LogP contribution in [0.5, 0.6) is 0 Å². The van der Waals surface area contributed by atoms with Gasteiger partial charge in [-0.25, -0.2) is 9.37 Å². The summed E-state index contributed by atoms with van der Waals surface area (Å²) in [7, 11) is 4.02. The van der Waals surface area contributed by atoms with Crippen LogP contribution in [-0.2, 0) is 0 Å². The van der Waals surface area contributed by atoms with Gasteiger partial charge in [-0.1, -0.05) is 31.4 Å². The van der Waals surface area contributed by atoms with E-state index in [0.29, 0.717) is 24.0 Å². The molecule has 48 heavy (non-hydrogen) atoms. The summed E-state index contributed by atoms with van der Waals surface area (Å²) in [4.78, 5) is 15.0. The van der Waals surface area contributed by atoms with Crippen molar-refractivity contribution in [1.29, 1.82) is 0 Å². The number of imidazole rings is 1. The first-order chi connectivity index (χ1) is 23.3. The van der Waals surface area contributed by atoms with Crippen LogP contribution in [-0.4, -0.2) is 70.3 Å². The van der Waals surface area contributed by atoms with Gasteiger partial charge in [0.2, 0.25) is 0 Å². The van der Waals surface area contributed by atoms with E-state index in [1.807, 2.05) is 75.9 Å². The van der Waals surface area contributed by atoms with Gasteiger partial charge < -0.3 is 25.8 Å². The number of pyridine rings is 1. The van der Waals surface area contributed by atoms with Gasteiger partial charge in [0, 0.05) is 47.0 Å². The number of likely N-dealkylation sites (N-methyl/N-ethyl adjacent to an activating group) is 1. The van der Waals surface area contributed by atoms with E-state index in [1.165, 1.54) is 18.9 Å². The van der Waals surface area contributed by atoms with Crippen LogP contribution in [0.4, 0.5) is 15.8 Å². The number of nitrogens with one attached hydrogen (secondary N) is 5. The van der Waals surface area contributed by atoms with Crippen molar-refractivity contribution in [1.82, 2.24) is 35.4 Å². The maximum absolute atomic E-state index is 14.8. The Labute approximate surface area is 280 Å². The summed E-state index contributed by atoms with van der Waals surface area (Å²) < 4.78 is 14.8. The fraction of sp³-hybridized carbons (Fsp3) is 0.289. The van der Waals surface area contributed by atoms with Gasteiger partial charge in [-0.2, -0.15) is 5.10 Å². The molecule has 5 N–H and O–H groups in total. The van der Waals surface area contributed by atoms with Crippen LogP contribution in [0.1, 0.15) is 31.7 Å². The predicted octanol–water partition coefficient (Wildman–Crippen LogP) is 5.74. The first kappa shape index (κ1) is 32.9. The number of hydrogen-bond donors (Lipinski definition) is 5. The Bertz CT molecular complexity index is 2050. The molecule has 4 heterocycles. The van der Waals surface area contributed by atoms with Gasteiger partial charge in [0.05, 0.1) is 28.3 Å². The number of halogens is 1. The smallest absolute Gasteiger partial charge is 0.159 e. The molecule has 5 aromatic rings. The minimum Gasteiger partial charge on any atom is -0.384 e. The van der Waals surface area contributed by atoms with E-state index >= 15 is 0 Å². The second kappa shape index (κ2) is 14.8. The number of fused-ring (bicyclic) bond motifs is 1. The Morgan fingerprint density at radius 2 is 1.92 bits per heavy atom. The summed E-state index contributed by atoms with van der Waals surface area (Å²) in [5.41, 5.74) is 8.08. The molecule has 10 heteroatoms. The number of para-hydroxylation sites is 1. The molecule has 0 bridgehead atoms. The number of allylic oxidation sites excluding steroid dienone is 2. The van der Waals surface area contributed by atoms with Crippen molar-refractivity contribution < 1.29 is 4.39 Å². The van der Waals surface area contributed by atoms with Gasteiger partial charge in [0.25, 0.3) is 0 Å². The molecule has 6 rings (SSSR count). The summed E-state index contributed by atoms with van der Waals surface area (Å²) in [6.07, 6.45) is 10.9. The van der Waals surface area contributed by atoms with Crippen molar-refractivity contribution in [2.45, 2.75) is 26.2 Å². The molecule has 0 atom stereocenters. The van der Waals surface area contributed by atoms with Gasteiger partial charge in [0.15, 0.2) is 5.82 Å². The predicted molar refractivity (Wildman–Crippen MR) is 196 cm³/mol. The van der Waals surface area contributed by atoms with Gasteiger partial charge in [-0.15, -0.1) is 0 Å².